The second-order valence-electron chi connectivity index (χ2n) is 5.70. The van der Waals surface area contributed by atoms with E-state index in [-0.39, 0.29) is 27.4 Å². The van der Waals surface area contributed by atoms with Gasteiger partial charge >= 0.3 is 0 Å². The van der Waals surface area contributed by atoms with E-state index in [0.717, 1.165) is 12.8 Å². The molecule has 3 atom stereocenters. The summed E-state index contributed by atoms with van der Waals surface area (Å²) in [4.78, 5) is -0.0944. The van der Waals surface area contributed by atoms with Gasteiger partial charge in [0.25, 0.3) is 0 Å². The van der Waals surface area contributed by atoms with E-state index in [0.29, 0.717) is 18.1 Å². The lowest BCUT2D eigenvalue weighted by Gasteiger charge is -2.20. The van der Waals surface area contributed by atoms with Crippen molar-refractivity contribution in [2.45, 2.75) is 23.8 Å². The van der Waals surface area contributed by atoms with Crippen LogP contribution in [0.1, 0.15) is 12.8 Å². The molecule has 0 bridgehead atoms. The van der Waals surface area contributed by atoms with Gasteiger partial charge in [-0.1, -0.05) is 23.2 Å². The first kappa shape index (κ1) is 15.4. The minimum atomic E-state index is -3.78. The van der Waals surface area contributed by atoms with E-state index < -0.39 is 16.1 Å². The molecule has 5 nitrogen and oxygen atoms in total. The third-order valence-electron chi connectivity index (χ3n) is 4.42. The molecule has 1 saturated heterocycles. The quantitative estimate of drug-likeness (QED) is 0.798. The smallest absolute Gasteiger partial charge is 0.246 e. The second-order valence-corrected chi connectivity index (χ2v) is 8.42. The summed E-state index contributed by atoms with van der Waals surface area (Å²) in [6.45, 7) is 0.717. The Labute approximate surface area is 133 Å². The molecule has 21 heavy (non-hydrogen) atoms. The van der Waals surface area contributed by atoms with Crippen LogP contribution in [-0.2, 0) is 10.0 Å². The van der Waals surface area contributed by atoms with Gasteiger partial charge in [-0.25, -0.2) is 8.42 Å². The first-order chi connectivity index (χ1) is 9.80. The molecule has 1 aromatic carbocycles. The fraction of sp³-hybridized carbons (Fsp3) is 0.538. The number of aliphatic hydroxyl groups excluding tert-OH is 1. The lowest BCUT2D eigenvalue weighted by atomic mass is 10.00. The van der Waals surface area contributed by atoms with Crippen molar-refractivity contribution in [3.63, 3.8) is 0 Å². The van der Waals surface area contributed by atoms with E-state index in [9.17, 15) is 13.5 Å². The number of halogens is 2. The summed E-state index contributed by atoms with van der Waals surface area (Å²) in [6, 6.07) is 2.75. The summed E-state index contributed by atoms with van der Waals surface area (Å²) in [7, 11) is -3.78. The third-order valence-corrected chi connectivity index (χ3v) is 7.00. The minimum Gasteiger partial charge on any atom is -0.398 e. The molecule has 3 rings (SSSR count). The molecule has 116 valence electrons. The summed E-state index contributed by atoms with van der Waals surface area (Å²) in [5.41, 5.74) is 5.84. The number of aliphatic hydroxyl groups is 1. The summed E-state index contributed by atoms with van der Waals surface area (Å²) < 4.78 is 26.9. The zero-order valence-corrected chi connectivity index (χ0v) is 13.5. The average Bonchev–Trinajstić information content (AvgIpc) is 2.90. The molecule has 2 fully saturated rings. The number of benzene rings is 1. The maximum absolute atomic E-state index is 12.8. The number of hydrogen-bond acceptors (Lipinski definition) is 4. The maximum Gasteiger partial charge on any atom is 0.246 e. The van der Waals surface area contributed by atoms with Crippen LogP contribution < -0.4 is 5.73 Å². The molecule has 3 N–H and O–H groups in total. The van der Waals surface area contributed by atoms with Gasteiger partial charge in [-0.2, -0.15) is 4.31 Å². The number of sulfonamides is 1. The number of nitrogen functional groups attached to an aromatic ring is 1. The lowest BCUT2D eigenvalue weighted by Crippen LogP contribution is -2.31. The molecule has 0 aromatic heterocycles. The molecule has 0 amide bonds. The Kier molecular flexibility index (Phi) is 3.86. The average molecular weight is 351 g/mol. The van der Waals surface area contributed by atoms with Crippen LogP contribution >= 0.6 is 23.2 Å². The lowest BCUT2D eigenvalue weighted by molar-refractivity contribution is 0.129. The van der Waals surface area contributed by atoms with Gasteiger partial charge in [-0.05, 0) is 30.9 Å². The van der Waals surface area contributed by atoms with Crippen molar-refractivity contribution >= 4 is 38.9 Å². The first-order valence-electron chi connectivity index (χ1n) is 6.73. The minimum absolute atomic E-state index is 0.00655. The Balaban J connectivity index is 1.96. The number of fused-ring (bicyclic) bond motifs is 1. The van der Waals surface area contributed by atoms with Crippen LogP contribution in [0.3, 0.4) is 0 Å². The zero-order valence-electron chi connectivity index (χ0n) is 11.2. The Morgan fingerprint density at radius 1 is 1.24 bits per heavy atom. The van der Waals surface area contributed by atoms with Crippen molar-refractivity contribution in [3.8, 4) is 0 Å². The van der Waals surface area contributed by atoms with Crippen molar-refractivity contribution in [1.29, 1.82) is 0 Å². The zero-order chi connectivity index (χ0) is 15.4. The number of hydrogen-bond donors (Lipinski definition) is 2. The first-order valence-corrected chi connectivity index (χ1v) is 8.93. The van der Waals surface area contributed by atoms with Gasteiger partial charge in [0.2, 0.25) is 10.0 Å². The molecular formula is C13H16Cl2N2O3S. The molecule has 1 aliphatic carbocycles. The Morgan fingerprint density at radius 3 is 2.57 bits per heavy atom. The number of rotatable bonds is 2. The van der Waals surface area contributed by atoms with E-state index >= 15 is 0 Å². The van der Waals surface area contributed by atoms with E-state index in [4.69, 9.17) is 28.9 Å². The van der Waals surface area contributed by atoms with E-state index in [1.54, 1.807) is 0 Å². The highest BCUT2D eigenvalue weighted by Gasteiger charge is 2.46. The van der Waals surface area contributed by atoms with Gasteiger partial charge in [0.05, 0.1) is 16.8 Å². The van der Waals surface area contributed by atoms with Gasteiger partial charge in [0.1, 0.15) is 4.90 Å². The van der Waals surface area contributed by atoms with Gasteiger partial charge in [0, 0.05) is 24.0 Å². The highest BCUT2D eigenvalue weighted by Crippen LogP contribution is 2.42. The van der Waals surface area contributed by atoms with Crippen molar-refractivity contribution < 1.29 is 13.5 Å². The molecule has 1 aromatic rings. The van der Waals surface area contributed by atoms with Crippen molar-refractivity contribution in [2.75, 3.05) is 18.8 Å². The summed E-state index contributed by atoms with van der Waals surface area (Å²) in [5, 5.41) is 10.2. The van der Waals surface area contributed by atoms with Crippen LogP contribution in [0.4, 0.5) is 5.69 Å². The Morgan fingerprint density at radius 2 is 1.95 bits per heavy atom. The Hall–Kier alpha value is -0.530. The van der Waals surface area contributed by atoms with Crippen LogP contribution in [0.2, 0.25) is 10.0 Å². The van der Waals surface area contributed by atoms with Crippen LogP contribution in [0.15, 0.2) is 17.0 Å². The van der Waals surface area contributed by atoms with E-state index in [1.807, 2.05) is 0 Å². The predicted octanol–water partition coefficient (Wildman–Crippen LogP) is 1.97. The van der Waals surface area contributed by atoms with Crippen molar-refractivity contribution in [2.24, 2.45) is 11.8 Å². The van der Waals surface area contributed by atoms with Crippen LogP contribution in [0.25, 0.3) is 0 Å². The molecule has 1 saturated carbocycles. The van der Waals surface area contributed by atoms with E-state index in [2.05, 4.69) is 0 Å². The normalized spacial score (nSPS) is 29.8. The monoisotopic (exact) mass is 350 g/mol. The number of nitrogens with zero attached hydrogens (tertiary/aromatic N) is 1. The highest BCUT2D eigenvalue weighted by atomic mass is 35.5. The molecule has 1 aliphatic heterocycles. The van der Waals surface area contributed by atoms with Gasteiger partial charge in [-0.3, -0.25) is 0 Å². The second kappa shape index (κ2) is 5.28. The maximum atomic E-state index is 12.8. The summed E-state index contributed by atoms with van der Waals surface area (Å²) in [5.74, 6) is 0.217. The molecule has 2 aliphatic rings. The van der Waals surface area contributed by atoms with Gasteiger partial charge < -0.3 is 10.8 Å². The molecule has 3 unspecified atom stereocenters. The molecule has 0 radical (unpaired) electrons. The molecule has 0 spiro atoms. The van der Waals surface area contributed by atoms with Crippen LogP contribution in [0.5, 0.6) is 0 Å². The largest absolute Gasteiger partial charge is 0.398 e. The fourth-order valence-electron chi connectivity index (χ4n) is 3.37. The number of nitrogens with two attached hydrogens (primary N) is 1. The number of anilines is 1. The molecule has 8 heteroatoms. The van der Waals surface area contributed by atoms with Gasteiger partial charge in [-0.15, -0.1) is 0 Å². The van der Waals surface area contributed by atoms with Crippen LogP contribution in [-0.4, -0.2) is 37.0 Å². The highest BCUT2D eigenvalue weighted by molar-refractivity contribution is 7.89. The topological polar surface area (TPSA) is 83.6 Å². The summed E-state index contributed by atoms with van der Waals surface area (Å²) >= 11 is 11.9. The van der Waals surface area contributed by atoms with Crippen molar-refractivity contribution in [1.82, 2.24) is 4.31 Å². The Bertz CT molecular complexity index is 657. The fourth-order valence-corrected chi connectivity index (χ4v) is 5.85. The van der Waals surface area contributed by atoms with Gasteiger partial charge in [0.15, 0.2) is 0 Å². The standard InChI is InChI=1S/C13H16Cl2N2O3S/c14-8-3-10(15)13(11(16)4-8)21(19,20)17-5-7-1-2-12(18)9(7)6-17/h3-4,7,9,12,18H,1-2,5-6,16H2. The summed E-state index contributed by atoms with van der Waals surface area (Å²) in [6.07, 6.45) is 1.17. The van der Waals surface area contributed by atoms with E-state index in [1.165, 1.54) is 16.4 Å². The molecular weight excluding hydrogens is 335 g/mol. The SMILES string of the molecule is Nc1cc(Cl)cc(Cl)c1S(=O)(=O)N1CC2CCC(O)C2C1. The predicted molar refractivity (Wildman–Crippen MR) is 81.9 cm³/mol. The third kappa shape index (κ3) is 2.53. The van der Waals surface area contributed by atoms with Crippen molar-refractivity contribution in [3.05, 3.63) is 22.2 Å². The van der Waals surface area contributed by atoms with Crippen LogP contribution in [0, 0.1) is 11.8 Å². The molecule has 1 heterocycles.